The number of aliphatic hydroxyl groups is 1. The zero-order chi connectivity index (χ0) is 38.1. The molecule has 15 nitrogen and oxygen atoms in total. The van der Waals surface area contributed by atoms with Crippen LogP contribution in [0.3, 0.4) is 0 Å². The highest BCUT2D eigenvalue weighted by Crippen LogP contribution is 2.46. The zero-order valence-electron chi connectivity index (χ0n) is 29.8. The minimum absolute atomic E-state index is 0.0121. The van der Waals surface area contributed by atoms with Crippen molar-refractivity contribution in [3.63, 3.8) is 0 Å². The number of aromatic carboxylic acids is 1. The number of fused-ring (bicyclic) bond motifs is 3. The third-order valence-electron chi connectivity index (χ3n) is 11.2. The minimum atomic E-state index is -1.36. The number of likely N-dealkylation sites (tertiary alicyclic amines) is 1. The number of hydrogen-bond donors (Lipinski definition) is 2. The number of ether oxygens (including phenoxy) is 2. The van der Waals surface area contributed by atoms with Gasteiger partial charge in [0.05, 0.1) is 37.0 Å². The maximum Gasteiger partial charge on any atom is 0.351 e. The highest BCUT2D eigenvalue weighted by atomic mass is 32.2. The number of carboxylic acid groups (broad SMARTS) is 1. The average Bonchev–Trinajstić information content (AvgIpc) is 3.65. The van der Waals surface area contributed by atoms with Gasteiger partial charge >= 0.3 is 11.7 Å². The van der Waals surface area contributed by atoms with Crippen LogP contribution in [0.2, 0.25) is 0 Å². The molecule has 3 saturated heterocycles. The van der Waals surface area contributed by atoms with Crippen molar-refractivity contribution in [3.8, 4) is 5.75 Å². The number of hydrogen-bond acceptors (Lipinski definition) is 12. The van der Waals surface area contributed by atoms with Gasteiger partial charge in [-0.15, -0.1) is 11.8 Å². The summed E-state index contributed by atoms with van der Waals surface area (Å²) in [5, 5.41) is 19.1. The number of aliphatic imine (C=N–C) groups is 1. The quantitative estimate of drug-likeness (QED) is 0.255. The second kappa shape index (κ2) is 13.9. The predicted molar refractivity (Wildman–Crippen MR) is 202 cm³/mol. The summed E-state index contributed by atoms with van der Waals surface area (Å²) in [5.41, 5.74) is -0.0426. The number of nitrogens with zero attached hydrogens (tertiary/aromatic N) is 7. The van der Waals surface area contributed by atoms with Crippen molar-refractivity contribution in [2.24, 2.45) is 10.9 Å². The fourth-order valence-corrected chi connectivity index (χ4v) is 9.46. The first-order valence-electron chi connectivity index (χ1n) is 18.3. The van der Waals surface area contributed by atoms with Gasteiger partial charge in [0.1, 0.15) is 28.6 Å². The molecule has 4 fully saturated rings. The maximum atomic E-state index is 16.2. The molecular weight excluding hydrogens is 734 g/mol. The van der Waals surface area contributed by atoms with Gasteiger partial charge in [-0.2, -0.15) is 4.98 Å². The van der Waals surface area contributed by atoms with Gasteiger partial charge < -0.3 is 29.2 Å². The summed E-state index contributed by atoms with van der Waals surface area (Å²) in [5.74, 6) is -1.42. The molecule has 0 bridgehead atoms. The Kier molecular flexibility index (Phi) is 8.98. The molecular formula is C38H38FN7O8S. The van der Waals surface area contributed by atoms with Crippen LogP contribution < -0.4 is 25.7 Å². The van der Waals surface area contributed by atoms with Gasteiger partial charge in [0, 0.05) is 55.4 Å². The molecule has 286 valence electrons. The smallest absolute Gasteiger partial charge is 0.351 e. The molecule has 55 heavy (non-hydrogen) atoms. The maximum absolute atomic E-state index is 16.2. The van der Waals surface area contributed by atoms with E-state index < -0.39 is 40.1 Å². The number of rotatable bonds is 9. The third kappa shape index (κ3) is 6.09. The summed E-state index contributed by atoms with van der Waals surface area (Å²) in [6.45, 7) is 1.78. The largest absolute Gasteiger partial charge is 0.492 e. The molecule has 1 saturated carbocycles. The van der Waals surface area contributed by atoms with Crippen molar-refractivity contribution in [1.82, 2.24) is 19.0 Å². The molecule has 1 aliphatic carbocycles. The van der Waals surface area contributed by atoms with E-state index >= 15 is 4.39 Å². The minimum Gasteiger partial charge on any atom is -0.492 e. The number of benzene rings is 2. The van der Waals surface area contributed by atoms with Crippen LogP contribution in [0, 0.1) is 11.7 Å². The summed E-state index contributed by atoms with van der Waals surface area (Å²) >= 11 is 1.41. The lowest BCUT2D eigenvalue weighted by molar-refractivity contribution is -0.112. The Morgan fingerprint density at radius 3 is 2.67 bits per heavy atom. The lowest BCUT2D eigenvalue weighted by Gasteiger charge is -2.38. The summed E-state index contributed by atoms with van der Waals surface area (Å²) in [7, 11) is 1.44. The van der Waals surface area contributed by atoms with E-state index in [1.54, 1.807) is 15.5 Å². The normalized spacial score (nSPS) is 24.6. The number of piperidine rings is 1. The summed E-state index contributed by atoms with van der Waals surface area (Å²) < 4.78 is 30.9. The fraction of sp³-hybridized carbons (Fsp3) is 0.421. The first-order valence-corrected chi connectivity index (χ1v) is 19.3. The number of pyridine rings is 1. The number of anilines is 2. The molecule has 17 heteroatoms. The van der Waals surface area contributed by atoms with E-state index in [2.05, 4.69) is 14.9 Å². The van der Waals surface area contributed by atoms with Crippen LogP contribution in [0.5, 0.6) is 5.75 Å². The molecule has 4 aromatic rings. The Morgan fingerprint density at radius 1 is 1.13 bits per heavy atom. The molecule has 6 heterocycles. The number of methoxy groups -OCH3 is 1. The van der Waals surface area contributed by atoms with Crippen LogP contribution in [0.4, 0.5) is 21.6 Å². The van der Waals surface area contributed by atoms with Gasteiger partial charge in [0.15, 0.2) is 17.4 Å². The van der Waals surface area contributed by atoms with Crippen LogP contribution in [0.1, 0.15) is 53.9 Å². The average molecular weight is 772 g/mol. The van der Waals surface area contributed by atoms with Gasteiger partial charge in [0.2, 0.25) is 5.43 Å². The second-order valence-corrected chi connectivity index (χ2v) is 15.7. The molecule has 2 aromatic carbocycles. The number of amides is 1. The first kappa shape index (κ1) is 35.6. The number of carboxylic acids is 1. The van der Waals surface area contributed by atoms with Gasteiger partial charge in [0.25, 0.3) is 5.91 Å². The van der Waals surface area contributed by atoms with Crippen LogP contribution in [-0.2, 0) is 9.53 Å². The van der Waals surface area contributed by atoms with Crippen molar-refractivity contribution < 1.29 is 33.7 Å². The lowest BCUT2D eigenvalue weighted by atomic mass is 9.92. The summed E-state index contributed by atoms with van der Waals surface area (Å²) in [4.78, 5) is 66.9. The topological polar surface area (TPSA) is 172 Å². The Hall–Kier alpha value is -5.10. The Morgan fingerprint density at radius 2 is 1.95 bits per heavy atom. The van der Waals surface area contributed by atoms with E-state index in [0.29, 0.717) is 42.2 Å². The highest BCUT2D eigenvalue weighted by molar-refractivity contribution is 8.00. The van der Waals surface area contributed by atoms with Gasteiger partial charge in [-0.05, 0) is 49.8 Å². The number of para-hydroxylation sites is 1. The predicted octanol–water partition coefficient (Wildman–Crippen LogP) is 3.35. The summed E-state index contributed by atoms with van der Waals surface area (Å²) in [6, 6.07) is 10.0. The molecule has 4 aliphatic heterocycles. The molecule has 1 amide bonds. The number of carbonyl (C=O) groups excluding carboxylic acids is 1. The highest BCUT2D eigenvalue weighted by Gasteiger charge is 2.44. The van der Waals surface area contributed by atoms with Gasteiger partial charge in [-0.1, -0.05) is 18.2 Å². The molecule has 2 aromatic heterocycles. The van der Waals surface area contributed by atoms with Crippen molar-refractivity contribution in [1.29, 1.82) is 0 Å². The molecule has 2 N–H and O–H groups in total. The molecule has 5 aliphatic rings. The van der Waals surface area contributed by atoms with Crippen molar-refractivity contribution in [3.05, 3.63) is 86.4 Å². The van der Waals surface area contributed by atoms with E-state index in [1.165, 1.54) is 35.8 Å². The molecule has 0 spiro atoms. The Bertz CT molecular complexity index is 2400. The first-order chi connectivity index (χ1) is 26.6. The number of aliphatic hydroxyl groups excluding tert-OH is 1. The van der Waals surface area contributed by atoms with E-state index in [-0.39, 0.29) is 65.5 Å². The Labute approximate surface area is 317 Å². The second-order valence-electron chi connectivity index (χ2n) is 14.5. The van der Waals surface area contributed by atoms with Crippen molar-refractivity contribution in [2.75, 3.05) is 55.6 Å². The zero-order valence-corrected chi connectivity index (χ0v) is 30.7. The van der Waals surface area contributed by atoms with E-state index in [9.17, 15) is 29.4 Å². The number of halogens is 1. The SMILES string of the molecule is COc1c(N2C[C@@H]3CCCN(CN4C(=O)/C(=N\c5ccn([C@@H]6CS[C@H](CO)O6)c(=O)n5)c5ccccc54)[C@@H]3C2)c(F)cc2c(=O)c(C(=O)O)cn(C3CC3)c12. The molecule has 0 radical (unpaired) electrons. The van der Waals surface area contributed by atoms with Crippen molar-refractivity contribution in [2.45, 2.75) is 49.4 Å². The third-order valence-corrected chi connectivity index (χ3v) is 12.3. The fourth-order valence-electron chi connectivity index (χ4n) is 8.53. The van der Waals surface area contributed by atoms with E-state index in [4.69, 9.17) is 9.47 Å². The Balaban J connectivity index is 0.996. The van der Waals surface area contributed by atoms with Crippen molar-refractivity contribution >= 4 is 57.4 Å². The number of aromatic nitrogens is 3. The molecule has 9 rings (SSSR count). The molecule has 0 unspecified atom stereocenters. The standard InChI is InChI=1S/C38H38FN7O8S/c1-53-35-32-23(34(48)24(37(50)51)15-45(32)21-8-9-21)13-25(39)33(35)43-14-20-5-4-11-42(27(20)16-43)19-46-26-7-3-2-6-22(26)31(36(46)49)40-28-10-12-44(38(52)41-28)29-18-55-30(17-47)54-29/h2-3,6-7,10,12-13,15,20-21,27,29-30,47H,4-5,8-9,11,14,16-19H2,1H3,(H,50,51)/b40-31-/t20-,27+,29-,30+/m0/s1. The van der Waals surface area contributed by atoms with E-state index in [1.807, 2.05) is 29.2 Å². The van der Waals surface area contributed by atoms with Gasteiger partial charge in [-0.3, -0.25) is 24.0 Å². The van der Waals surface area contributed by atoms with E-state index in [0.717, 1.165) is 31.7 Å². The van der Waals surface area contributed by atoms with Crippen LogP contribution in [0.15, 0.2) is 63.4 Å². The number of thioether (sulfide) groups is 1. The monoisotopic (exact) mass is 771 g/mol. The van der Waals surface area contributed by atoms with Crippen LogP contribution in [-0.4, -0.2) is 104 Å². The van der Waals surface area contributed by atoms with Gasteiger partial charge in [-0.25, -0.2) is 19.0 Å². The molecule has 4 atom stereocenters. The lowest BCUT2D eigenvalue weighted by Crippen LogP contribution is -2.51. The number of carbonyl (C=O) groups is 2. The van der Waals surface area contributed by atoms with Crippen LogP contribution >= 0.6 is 11.8 Å². The summed E-state index contributed by atoms with van der Waals surface area (Å²) in [6.07, 6.45) is 5.72. The van der Waals surface area contributed by atoms with Crippen LogP contribution in [0.25, 0.3) is 10.9 Å².